The standard InChI is InChI=1S/C22H26N6O2/c1-16-4-2-5-17(10-16)12-27-8-3-6-22(20(27)30)7-9-26(14-22)13-18-11-19(29)28-21(25-18)23-15-24-28/h2,4-5,10-11,15H,3,6-9,12-14H2,1H3,(H,23,24,25)/t22-/m1/s1. The quantitative estimate of drug-likeness (QED) is 0.713. The van der Waals surface area contributed by atoms with Crippen molar-refractivity contribution in [1.82, 2.24) is 29.4 Å². The van der Waals surface area contributed by atoms with Gasteiger partial charge in [0.2, 0.25) is 5.91 Å². The molecule has 0 saturated carbocycles. The van der Waals surface area contributed by atoms with Crippen LogP contribution in [0.15, 0.2) is 41.5 Å². The van der Waals surface area contributed by atoms with E-state index in [4.69, 9.17) is 0 Å². The van der Waals surface area contributed by atoms with E-state index in [2.05, 4.69) is 51.2 Å². The SMILES string of the molecule is Cc1cccc(CN2CCC[C@]3(CCN(Cc4cc(=O)n5[nH]cnc5n4)C3)C2=O)c1. The summed E-state index contributed by atoms with van der Waals surface area (Å²) in [5.74, 6) is 0.651. The zero-order valence-corrected chi connectivity index (χ0v) is 17.2. The molecule has 30 heavy (non-hydrogen) atoms. The van der Waals surface area contributed by atoms with E-state index >= 15 is 0 Å². The molecule has 156 valence electrons. The summed E-state index contributed by atoms with van der Waals surface area (Å²) in [7, 11) is 0. The number of benzene rings is 1. The number of carbonyl (C=O) groups excluding carboxylic acids is 1. The molecule has 2 aliphatic heterocycles. The van der Waals surface area contributed by atoms with Crippen LogP contribution in [0.2, 0.25) is 0 Å². The normalized spacial score (nSPS) is 22.4. The van der Waals surface area contributed by atoms with Gasteiger partial charge >= 0.3 is 0 Å². The summed E-state index contributed by atoms with van der Waals surface area (Å²) < 4.78 is 1.32. The molecule has 8 heteroatoms. The van der Waals surface area contributed by atoms with Gasteiger partial charge < -0.3 is 4.90 Å². The van der Waals surface area contributed by atoms with Crippen molar-refractivity contribution in [3.63, 3.8) is 0 Å². The summed E-state index contributed by atoms with van der Waals surface area (Å²) in [6, 6.07) is 9.93. The van der Waals surface area contributed by atoms with E-state index in [9.17, 15) is 9.59 Å². The maximum atomic E-state index is 13.4. The third-order valence-electron chi connectivity index (χ3n) is 6.42. The molecule has 2 saturated heterocycles. The Balaban J connectivity index is 1.30. The second-order valence-electron chi connectivity index (χ2n) is 8.67. The van der Waals surface area contributed by atoms with Gasteiger partial charge in [0.1, 0.15) is 6.33 Å². The molecule has 0 aliphatic carbocycles. The van der Waals surface area contributed by atoms with Crippen molar-refractivity contribution in [2.75, 3.05) is 19.6 Å². The van der Waals surface area contributed by atoms with Crippen molar-refractivity contribution in [2.24, 2.45) is 5.41 Å². The van der Waals surface area contributed by atoms with Crippen LogP contribution >= 0.6 is 0 Å². The van der Waals surface area contributed by atoms with Gasteiger partial charge in [0, 0.05) is 32.2 Å². The monoisotopic (exact) mass is 406 g/mol. The van der Waals surface area contributed by atoms with Crippen molar-refractivity contribution < 1.29 is 4.79 Å². The number of piperidine rings is 1. The Labute approximate surface area is 174 Å². The van der Waals surface area contributed by atoms with E-state index < -0.39 is 0 Å². The summed E-state index contributed by atoms with van der Waals surface area (Å²) in [4.78, 5) is 38.5. The van der Waals surface area contributed by atoms with Crippen molar-refractivity contribution in [3.8, 4) is 0 Å². The van der Waals surface area contributed by atoms with Crippen LogP contribution < -0.4 is 5.56 Å². The number of rotatable bonds is 4. The van der Waals surface area contributed by atoms with E-state index in [0.29, 0.717) is 24.6 Å². The minimum Gasteiger partial charge on any atom is -0.338 e. The number of nitrogens with zero attached hydrogens (tertiary/aromatic N) is 5. The van der Waals surface area contributed by atoms with E-state index in [-0.39, 0.29) is 16.9 Å². The molecule has 0 radical (unpaired) electrons. The molecule has 1 N–H and O–H groups in total. The number of hydrogen-bond acceptors (Lipinski definition) is 5. The third-order valence-corrected chi connectivity index (χ3v) is 6.42. The Morgan fingerprint density at radius 3 is 2.90 bits per heavy atom. The number of aromatic nitrogens is 4. The van der Waals surface area contributed by atoms with Gasteiger partial charge in [-0.25, -0.2) is 9.97 Å². The second kappa shape index (κ2) is 7.36. The van der Waals surface area contributed by atoms with Crippen molar-refractivity contribution >= 4 is 11.7 Å². The van der Waals surface area contributed by atoms with E-state index in [1.807, 2.05) is 4.90 Å². The van der Waals surface area contributed by atoms with Gasteiger partial charge in [-0.3, -0.25) is 19.6 Å². The molecule has 2 aliphatic rings. The first-order valence-electron chi connectivity index (χ1n) is 10.5. The lowest BCUT2D eigenvalue weighted by atomic mass is 9.78. The predicted octanol–water partition coefficient (Wildman–Crippen LogP) is 1.74. The number of fused-ring (bicyclic) bond motifs is 1. The smallest absolute Gasteiger partial charge is 0.274 e. The largest absolute Gasteiger partial charge is 0.338 e. The summed E-state index contributed by atoms with van der Waals surface area (Å²) in [6.45, 7) is 5.70. The maximum absolute atomic E-state index is 13.4. The minimum atomic E-state index is -0.312. The summed E-state index contributed by atoms with van der Waals surface area (Å²) in [5.41, 5.74) is 2.62. The number of carbonyl (C=O) groups is 1. The molecule has 1 aromatic carbocycles. The van der Waals surface area contributed by atoms with Crippen molar-refractivity contribution in [3.05, 3.63) is 63.8 Å². The number of aryl methyl sites for hydroxylation is 1. The lowest BCUT2D eigenvalue weighted by molar-refractivity contribution is -0.146. The molecule has 3 aromatic rings. The van der Waals surface area contributed by atoms with Crippen LogP contribution in [0.1, 0.15) is 36.1 Å². The first-order valence-corrected chi connectivity index (χ1v) is 10.5. The average Bonchev–Trinajstić information content (AvgIpc) is 3.34. The molecular formula is C22H26N6O2. The summed E-state index contributed by atoms with van der Waals surface area (Å²) >= 11 is 0. The topological polar surface area (TPSA) is 86.6 Å². The van der Waals surface area contributed by atoms with E-state index in [1.54, 1.807) is 6.07 Å². The van der Waals surface area contributed by atoms with Crippen LogP contribution in [0.25, 0.3) is 5.78 Å². The zero-order valence-electron chi connectivity index (χ0n) is 17.2. The number of amides is 1. The third kappa shape index (κ3) is 3.41. The molecule has 2 aromatic heterocycles. The van der Waals surface area contributed by atoms with Crippen LogP contribution in [0.4, 0.5) is 0 Å². The van der Waals surface area contributed by atoms with Gasteiger partial charge in [-0.05, 0) is 38.3 Å². The lowest BCUT2D eigenvalue weighted by Crippen LogP contribution is -2.49. The molecule has 0 unspecified atom stereocenters. The van der Waals surface area contributed by atoms with E-state index in [1.165, 1.54) is 22.0 Å². The van der Waals surface area contributed by atoms with Gasteiger partial charge in [-0.1, -0.05) is 29.8 Å². The Bertz CT molecular complexity index is 1150. The second-order valence-corrected chi connectivity index (χ2v) is 8.67. The summed E-state index contributed by atoms with van der Waals surface area (Å²) in [5, 5.41) is 2.76. The predicted molar refractivity (Wildman–Crippen MR) is 112 cm³/mol. The number of hydrogen-bond donors (Lipinski definition) is 1. The van der Waals surface area contributed by atoms with Crippen LogP contribution in [-0.2, 0) is 17.9 Å². The Morgan fingerprint density at radius 2 is 2.03 bits per heavy atom. The molecule has 0 bridgehead atoms. The minimum absolute atomic E-state index is 0.167. The zero-order chi connectivity index (χ0) is 20.7. The number of H-pyrrole nitrogens is 1. The lowest BCUT2D eigenvalue weighted by Gasteiger charge is -2.39. The van der Waals surface area contributed by atoms with Gasteiger partial charge in [0.15, 0.2) is 0 Å². The number of nitrogens with one attached hydrogen (secondary N) is 1. The highest BCUT2D eigenvalue weighted by Gasteiger charge is 2.48. The van der Waals surface area contributed by atoms with Gasteiger partial charge in [-0.15, -0.1) is 0 Å². The Kier molecular flexibility index (Phi) is 4.66. The first kappa shape index (κ1) is 19.0. The highest BCUT2D eigenvalue weighted by molar-refractivity contribution is 5.84. The highest BCUT2D eigenvalue weighted by atomic mass is 16.2. The van der Waals surface area contributed by atoms with Crippen LogP contribution in [0.5, 0.6) is 0 Å². The Hall–Kier alpha value is -3.00. The molecule has 8 nitrogen and oxygen atoms in total. The van der Waals surface area contributed by atoms with Gasteiger partial charge in [0.25, 0.3) is 11.3 Å². The number of likely N-dealkylation sites (tertiary alicyclic amines) is 2. The fraction of sp³-hybridized carbons (Fsp3) is 0.455. The molecule has 5 rings (SSSR count). The molecule has 1 spiro atoms. The molecule has 1 atom stereocenters. The summed E-state index contributed by atoms with van der Waals surface area (Å²) in [6.07, 6.45) is 4.28. The number of aromatic amines is 1. The maximum Gasteiger partial charge on any atom is 0.274 e. The molecule has 1 amide bonds. The van der Waals surface area contributed by atoms with Crippen molar-refractivity contribution in [1.29, 1.82) is 0 Å². The molecule has 2 fully saturated rings. The molecule has 4 heterocycles. The van der Waals surface area contributed by atoms with Crippen LogP contribution in [0.3, 0.4) is 0 Å². The van der Waals surface area contributed by atoms with Gasteiger partial charge in [0.05, 0.1) is 11.1 Å². The average molecular weight is 406 g/mol. The first-order chi connectivity index (χ1) is 14.5. The molecular weight excluding hydrogens is 380 g/mol. The van der Waals surface area contributed by atoms with Crippen LogP contribution in [0, 0.1) is 12.3 Å². The highest BCUT2D eigenvalue weighted by Crippen LogP contribution is 2.40. The van der Waals surface area contributed by atoms with Crippen LogP contribution in [-0.4, -0.2) is 54.9 Å². The van der Waals surface area contributed by atoms with Crippen molar-refractivity contribution in [2.45, 2.75) is 39.3 Å². The Morgan fingerprint density at radius 1 is 1.13 bits per heavy atom. The van der Waals surface area contributed by atoms with E-state index in [0.717, 1.165) is 38.9 Å². The fourth-order valence-corrected chi connectivity index (χ4v) is 4.98. The van der Waals surface area contributed by atoms with Gasteiger partial charge in [-0.2, -0.15) is 4.52 Å². The fourth-order valence-electron chi connectivity index (χ4n) is 4.98.